The van der Waals surface area contributed by atoms with Gasteiger partial charge in [0.2, 0.25) is 6.29 Å². The van der Waals surface area contributed by atoms with Crippen molar-refractivity contribution in [2.75, 3.05) is 14.2 Å². The van der Waals surface area contributed by atoms with Gasteiger partial charge in [-0.05, 0) is 24.3 Å². The van der Waals surface area contributed by atoms with Crippen LogP contribution in [-0.2, 0) is 9.47 Å². The molecule has 0 saturated heterocycles. The number of pyridine rings is 2. The largest absolute Gasteiger partial charge is 0.350 e. The Hall–Kier alpha value is -2.57. The topological polar surface area (TPSA) is 62.1 Å². The van der Waals surface area contributed by atoms with E-state index in [1.807, 2.05) is 36.5 Å². The van der Waals surface area contributed by atoms with Crippen molar-refractivity contribution in [3.8, 4) is 16.9 Å². The van der Waals surface area contributed by atoms with Gasteiger partial charge in [0.15, 0.2) is 0 Å². The average molecular weight is 296 g/mol. The van der Waals surface area contributed by atoms with E-state index in [1.165, 1.54) is 0 Å². The van der Waals surface area contributed by atoms with Crippen LogP contribution < -0.4 is 0 Å². The molecule has 3 heterocycles. The lowest BCUT2D eigenvalue weighted by Gasteiger charge is -2.13. The van der Waals surface area contributed by atoms with Crippen LogP contribution in [0.25, 0.3) is 16.9 Å². The molecule has 6 heteroatoms. The van der Waals surface area contributed by atoms with Gasteiger partial charge >= 0.3 is 0 Å². The summed E-state index contributed by atoms with van der Waals surface area (Å²) in [6, 6.07) is 9.53. The Morgan fingerprint density at radius 2 is 1.91 bits per heavy atom. The molecule has 0 spiro atoms. The Labute approximate surface area is 128 Å². The Morgan fingerprint density at radius 3 is 2.64 bits per heavy atom. The minimum absolute atomic E-state index is 0.478. The molecule has 0 unspecified atom stereocenters. The highest BCUT2D eigenvalue weighted by Gasteiger charge is 2.12. The van der Waals surface area contributed by atoms with Crippen molar-refractivity contribution in [2.45, 2.75) is 6.29 Å². The molecule has 0 fully saturated rings. The van der Waals surface area contributed by atoms with Gasteiger partial charge in [-0.3, -0.25) is 4.98 Å². The van der Waals surface area contributed by atoms with Gasteiger partial charge in [0.1, 0.15) is 0 Å². The van der Waals surface area contributed by atoms with Crippen LogP contribution in [0.15, 0.2) is 55.1 Å². The summed E-state index contributed by atoms with van der Waals surface area (Å²) >= 11 is 0. The Kier molecular flexibility index (Phi) is 4.22. The molecule has 112 valence electrons. The first-order valence-electron chi connectivity index (χ1n) is 6.80. The lowest BCUT2D eigenvalue weighted by atomic mass is 10.2. The van der Waals surface area contributed by atoms with Crippen molar-refractivity contribution >= 4 is 0 Å². The summed E-state index contributed by atoms with van der Waals surface area (Å²) in [6.07, 6.45) is 6.69. The molecule has 0 aliphatic carbocycles. The molecule has 6 nitrogen and oxygen atoms in total. The van der Waals surface area contributed by atoms with Crippen LogP contribution in [0.1, 0.15) is 12.0 Å². The third-order valence-electron chi connectivity index (χ3n) is 3.23. The fraction of sp³-hybridized carbons (Fsp3) is 0.188. The molecule has 22 heavy (non-hydrogen) atoms. The highest BCUT2D eigenvalue weighted by atomic mass is 16.7. The molecule has 3 aromatic heterocycles. The molecular weight excluding hydrogens is 280 g/mol. The van der Waals surface area contributed by atoms with Gasteiger partial charge in [0.25, 0.3) is 0 Å². The van der Waals surface area contributed by atoms with Gasteiger partial charge in [0, 0.05) is 32.2 Å². The molecule has 0 aliphatic rings. The van der Waals surface area contributed by atoms with Crippen molar-refractivity contribution in [1.29, 1.82) is 0 Å². The first-order valence-corrected chi connectivity index (χ1v) is 6.80. The Balaban J connectivity index is 1.92. The summed E-state index contributed by atoms with van der Waals surface area (Å²) in [5.74, 6) is 0. The number of hydrogen-bond donors (Lipinski definition) is 0. The summed E-state index contributed by atoms with van der Waals surface area (Å²) < 4.78 is 12.2. The molecule has 0 aromatic carbocycles. The Bertz CT molecular complexity index is 739. The van der Waals surface area contributed by atoms with Gasteiger partial charge in [0.05, 0.1) is 29.5 Å². The third kappa shape index (κ3) is 2.88. The van der Waals surface area contributed by atoms with E-state index in [9.17, 15) is 0 Å². The van der Waals surface area contributed by atoms with Crippen molar-refractivity contribution in [2.24, 2.45) is 0 Å². The Morgan fingerprint density at radius 1 is 1.05 bits per heavy atom. The second-order valence-electron chi connectivity index (χ2n) is 4.64. The first kappa shape index (κ1) is 14.4. The smallest absolute Gasteiger partial charge is 0.200 e. The predicted molar refractivity (Wildman–Crippen MR) is 81.3 cm³/mol. The SMILES string of the molecule is COC(OC)c1cccc(-c2cnn(-c3cccnc3)c2)n1. The molecule has 3 rings (SSSR count). The van der Waals surface area contributed by atoms with E-state index in [4.69, 9.17) is 9.47 Å². The van der Waals surface area contributed by atoms with Crippen LogP contribution >= 0.6 is 0 Å². The molecule has 3 aromatic rings. The number of aromatic nitrogens is 4. The highest BCUT2D eigenvalue weighted by molar-refractivity contribution is 5.57. The summed E-state index contributed by atoms with van der Waals surface area (Å²) in [5, 5.41) is 4.35. The quantitative estimate of drug-likeness (QED) is 0.677. The fourth-order valence-electron chi connectivity index (χ4n) is 2.17. The highest BCUT2D eigenvalue weighted by Crippen LogP contribution is 2.21. The third-order valence-corrected chi connectivity index (χ3v) is 3.23. The van der Waals surface area contributed by atoms with Gasteiger partial charge in [-0.25, -0.2) is 9.67 Å². The van der Waals surface area contributed by atoms with Gasteiger partial charge in [-0.1, -0.05) is 6.07 Å². The van der Waals surface area contributed by atoms with E-state index in [1.54, 1.807) is 37.5 Å². The van der Waals surface area contributed by atoms with Crippen LogP contribution in [0, 0.1) is 0 Å². The predicted octanol–water partition coefficient (Wildman–Crippen LogP) is 2.62. The monoisotopic (exact) mass is 296 g/mol. The lowest BCUT2D eigenvalue weighted by Crippen LogP contribution is -2.06. The second-order valence-corrected chi connectivity index (χ2v) is 4.64. The molecule has 0 aliphatic heterocycles. The van der Waals surface area contributed by atoms with E-state index in [0.29, 0.717) is 0 Å². The first-order chi connectivity index (χ1) is 10.8. The van der Waals surface area contributed by atoms with Gasteiger partial charge in [-0.2, -0.15) is 5.10 Å². The zero-order valence-electron chi connectivity index (χ0n) is 12.4. The van der Waals surface area contributed by atoms with E-state index < -0.39 is 6.29 Å². The molecule has 0 radical (unpaired) electrons. The lowest BCUT2D eigenvalue weighted by molar-refractivity contribution is -0.108. The van der Waals surface area contributed by atoms with E-state index in [2.05, 4.69) is 15.1 Å². The molecule has 0 N–H and O–H groups in total. The molecule has 0 saturated carbocycles. The number of rotatable bonds is 5. The summed E-state index contributed by atoms with van der Waals surface area (Å²) in [5.41, 5.74) is 3.34. The molecule has 0 amide bonds. The van der Waals surface area contributed by atoms with Gasteiger partial charge in [-0.15, -0.1) is 0 Å². The minimum Gasteiger partial charge on any atom is -0.350 e. The minimum atomic E-state index is -0.478. The molecule has 0 bridgehead atoms. The maximum absolute atomic E-state index is 5.24. The number of hydrogen-bond acceptors (Lipinski definition) is 5. The van der Waals surface area contributed by atoms with Crippen LogP contribution in [0.3, 0.4) is 0 Å². The normalized spacial score (nSPS) is 11.0. The standard InChI is InChI=1S/C16H16N4O2/c1-21-16(22-2)15-7-3-6-14(19-15)12-9-18-20(11-12)13-5-4-8-17-10-13/h3-11,16H,1-2H3. The fourth-order valence-corrected chi connectivity index (χ4v) is 2.17. The van der Waals surface area contributed by atoms with Crippen molar-refractivity contribution in [3.05, 3.63) is 60.8 Å². The van der Waals surface area contributed by atoms with Gasteiger partial charge < -0.3 is 9.47 Å². The maximum Gasteiger partial charge on any atom is 0.200 e. The molecular formula is C16H16N4O2. The van der Waals surface area contributed by atoms with Crippen LogP contribution in [0.2, 0.25) is 0 Å². The zero-order chi connectivity index (χ0) is 15.4. The number of nitrogens with zero attached hydrogens (tertiary/aromatic N) is 4. The maximum atomic E-state index is 5.24. The molecule has 0 atom stereocenters. The summed E-state index contributed by atoms with van der Waals surface area (Å²) in [7, 11) is 3.17. The zero-order valence-corrected chi connectivity index (χ0v) is 12.4. The average Bonchev–Trinajstić information content (AvgIpc) is 3.07. The van der Waals surface area contributed by atoms with Crippen LogP contribution in [0.5, 0.6) is 0 Å². The van der Waals surface area contributed by atoms with E-state index in [-0.39, 0.29) is 0 Å². The number of ether oxygens (including phenoxy) is 2. The number of methoxy groups -OCH3 is 2. The summed E-state index contributed by atoms with van der Waals surface area (Å²) in [4.78, 5) is 8.67. The second kappa shape index (κ2) is 6.46. The van der Waals surface area contributed by atoms with Crippen molar-refractivity contribution in [1.82, 2.24) is 19.7 Å². The van der Waals surface area contributed by atoms with E-state index >= 15 is 0 Å². The van der Waals surface area contributed by atoms with Crippen LogP contribution in [0.4, 0.5) is 0 Å². The van der Waals surface area contributed by atoms with Crippen molar-refractivity contribution in [3.63, 3.8) is 0 Å². The van der Waals surface area contributed by atoms with Crippen LogP contribution in [-0.4, -0.2) is 34.0 Å². The van der Waals surface area contributed by atoms with Crippen molar-refractivity contribution < 1.29 is 9.47 Å². The summed E-state index contributed by atoms with van der Waals surface area (Å²) in [6.45, 7) is 0. The van der Waals surface area contributed by atoms with E-state index in [0.717, 1.165) is 22.6 Å².